The lowest BCUT2D eigenvalue weighted by Crippen LogP contribution is -2.50. The number of carbonyl (C=O) groups excluding carboxylic acids is 1. The zero-order valence-corrected chi connectivity index (χ0v) is 9.69. The number of carbonyl (C=O) groups is 2. The van der Waals surface area contributed by atoms with E-state index < -0.39 is 24.6 Å². The van der Waals surface area contributed by atoms with Crippen LogP contribution in [-0.4, -0.2) is 40.9 Å². The van der Waals surface area contributed by atoms with Gasteiger partial charge in [-0.15, -0.1) is 0 Å². The van der Waals surface area contributed by atoms with Gasteiger partial charge in [0.25, 0.3) is 0 Å². The van der Waals surface area contributed by atoms with Crippen molar-refractivity contribution in [3.05, 3.63) is 0 Å². The molecule has 0 radical (unpaired) electrons. The van der Waals surface area contributed by atoms with Crippen molar-refractivity contribution >= 4 is 12.0 Å². The number of hydrogen-bond donors (Lipinski definition) is 4. The quantitative estimate of drug-likeness (QED) is 0.507. The predicted octanol–water partition coefficient (Wildman–Crippen LogP) is 0.310. The monoisotopic (exact) mass is 232 g/mol. The Kier molecular flexibility index (Phi) is 7.28. The minimum atomic E-state index is -1.25. The highest BCUT2D eigenvalue weighted by atomic mass is 16.4. The number of nitrogens with one attached hydrogen (secondary N) is 2. The van der Waals surface area contributed by atoms with Gasteiger partial charge < -0.3 is 20.8 Å². The van der Waals surface area contributed by atoms with Crippen LogP contribution >= 0.6 is 0 Å². The number of urea groups is 1. The van der Waals surface area contributed by atoms with Crippen molar-refractivity contribution in [3.8, 4) is 0 Å². The van der Waals surface area contributed by atoms with Crippen LogP contribution in [0.25, 0.3) is 0 Å². The van der Waals surface area contributed by atoms with E-state index in [1.807, 2.05) is 13.8 Å². The van der Waals surface area contributed by atoms with E-state index in [1.54, 1.807) is 0 Å². The van der Waals surface area contributed by atoms with Crippen molar-refractivity contribution in [2.45, 2.75) is 45.2 Å². The minimum Gasteiger partial charge on any atom is -0.480 e. The molecule has 0 aromatic rings. The molecule has 0 aliphatic heterocycles. The van der Waals surface area contributed by atoms with Crippen LogP contribution in [-0.2, 0) is 4.79 Å². The molecule has 4 N–H and O–H groups in total. The van der Waals surface area contributed by atoms with Crippen molar-refractivity contribution in [1.82, 2.24) is 10.6 Å². The number of aliphatic carboxylic acids is 1. The number of aliphatic hydroxyl groups excluding tert-OH is 1. The molecule has 0 aromatic heterocycles. The Morgan fingerprint density at radius 1 is 1.25 bits per heavy atom. The largest absolute Gasteiger partial charge is 0.480 e. The average molecular weight is 232 g/mol. The first-order valence-corrected chi connectivity index (χ1v) is 5.45. The fourth-order valence-corrected chi connectivity index (χ4v) is 1.30. The second-order valence-corrected chi connectivity index (χ2v) is 3.59. The highest BCUT2D eigenvalue weighted by molar-refractivity contribution is 5.82. The van der Waals surface area contributed by atoms with Gasteiger partial charge in [0.05, 0.1) is 6.61 Å². The highest BCUT2D eigenvalue weighted by Crippen LogP contribution is 2.00. The summed E-state index contributed by atoms with van der Waals surface area (Å²) >= 11 is 0. The summed E-state index contributed by atoms with van der Waals surface area (Å²) in [4.78, 5) is 21.9. The van der Waals surface area contributed by atoms with Crippen molar-refractivity contribution < 1.29 is 19.8 Å². The summed E-state index contributed by atoms with van der Waals surface area (Å²) in [5.74, 6) is -1.25. The van der Waals surface area contributed by atoms with Gasteiger partial charge >= 0.3 is 12.0 Å². The van der Waals surface area contributed by atoms with Crippen LogP contribution < -0.4 is 10.6 Å². The van der Waals surface area contributed by atoms with Crippen LogP contribution in [0.5, 0.6) is 0 Å². The first-order valence-electron chi connectivity index (χ1n) is 5.45. The fourth-order valence-electron chi connectivity index (χ4n) is 1.30. The van der Waals surface area contributed by atoms with Gasteiger partial charge in [0, 0.05) is 6.04 Å². The summed E-state index contributed by atoms with van der Waals surface area (Å²) in [5, 5.41) is 22.2. The van der Waals surface area contributed by atoms with E-state index in [-0.39, 0.29) is 6.04 Å². The summed E-state index contributed by atoms with van der Waals surface area (Å²) in [6.07, 6.45) is 2.58. The molecule has 94 valence electrons. The lowest BCUT2D eigenvalue weighted by Gasteiger charge is -2.18. The zero-order valence-electron chi connectivity index (χ0n) is 9.69. The summed E-state index contributed by atoms with van der Waals surface area (Å²) in [5.41, 5.74) is 0. The lowest BCUT2D eigenvalue weighted by atomic mass is 10.1. The van der Waals surface area contributed by atoms with E-state index in [1.165, 1.54) is 0 Å². The van der Waals surface area contributed by atoms with Crippen molar-refractivity contribution in [1.29, 1.82) is 0 Å². The van der Waals surface area contributed by atoms with Crippen LogP contribution in [0, 0.1) is 0 Å². The second kappa shape index (κ2) is 7.92. The SMILES string of the molecule is CCCC(CC)NC(=O)N[C@@H](CO)C(=O)O. The maximum atomic E-state index is 11.4. The Balaban J connectivity index is 4.09. The molecule has 0 bridgehead atoms. The van der Waals surface area contributed by atoms with Crippen LogP contribution in [0.1, 0.15) is 33.1 Å². The van der Waals surface area contributed by atoms with E-state index in [9.17, 15) is 9.59 Å². The molecule has 0 saturated heterocycles. The van der Waals surface area contributed by atoms with Crippen molar-refractivity contribution in [2.75, 3.05) is 6.61 Å². The molecule has 6 heteroatoms. The van der Waals surface area contributed by atoms with Crippen LogP contribution in [0.3, 0.4) is 0 Å². The van der Waals surface area contributed by atoms with Gasteiger partial charge in [0.1, 0.15) is 0 Å². The number of aliphatic hydroxyl groups is 1. The molecule has 16 heavy (non-hydrogen) atoms. The Hall–Kier alpha value is -1.30. The normalized spacial score (nSPS) is 13.9. The molecule has 6 nitrogen and oxygen atoms in total. The Bertz CT molecular complexity index is 233. The third-order valence-corrected chi connectivity index (χ3v) is 2.25. The molecule has 0 fully saturated rings. The molecule has 2 atom stereocenters. The van der Waals surface area contributed by atoms with Crippen LogP contribution in [0.2, 0.25) is 0 Å². The van der Waals surface area contributed by atoms with E-state index in [4.69, 9.17) is 10.2 Å². The summed E-state index contributed by atoms with van der Waals surface area (Å²) in [6, 6.07) is -1.76. The van der Waals surface area contributed by atoms with Gasteiger partial charge in [-0.3, -0.25) is 0 Å². The topological polar surface area (TPSA) is 98.7 Å². The molecule has 0 heterocycles. The third kappa shape index (κ3) is 5.55. The van der Waals surface area contributed by atoms with Gasteiger partial charge in [0.2, 0.25) is 0 Å². The smallest absolute Gasteiger partial charge is 0.328 e. The van der Waals surface area contributed by atoms with Gasteiger partial charge in [-0.2, -0.15) is 0 Å². The predicted molar refractivity (Wildman–Crippen MR) is 59.2 cm³/mol. The molecule has 0 aromatic carbocycles. The highest BCUT2D eigenvalue weighted by Gasteiger charge is 2.19. The van der Waals surface area contributed by atoms with Gasteiger partial charge in [-0.25, -0.2) is 9.59 Å². The van der Waals surface area contributed by atoms with E-state index in [2.05, 4.69) is 10.6 Å². The first kappa shape index (κ1) is 14.7. The Morgan fingerprint density at radius 3 is 2.25 bits per heavy atom. The number of amides is 2. The number of hydrogen-bond acceptors (Lipinski definition) is 3. The molecular weight excluding hydrogens is 212 g/mol. The summed E-state index contributed by atoms with van der Waals surface area (Å²) < 4.78 is 0. The molecule has 0 aliphatic carbocycles. The molecule has 0 rings (SSSR count). The first-order chi connectivity index (χ1) is 7.54. The maximum absolute atomic E-state index is 11.4. The van der Waals surface area contributed by atoms with Crippen molar-refractivity contribution in [3.63, 3.8) is 0 Å². The number of carboxylic acid groups (broad SMARTS) is 1. The maximum Gasteiger partial charge on any atom is 0.328 e. The third-order valence-electron chi connectivity index (χ3n) is 2.25. The lowest BCUT2D eigenvalue weighted by molar-refractivity contribution is -0.140. The van der Waals surface area contributed by atoms with E-state index in [0.717, 1.165) is 19.3 Å². The van der Waals surface area contributed by atoms with Gasteiger partial charge in [-0.1, -0.05) is 20.3 Å². The molecule has 0 saturated carbocycles. The van der Waals surface area contributed by atoms with Gasteiger partial charge in [0.15, 0.2) is 6.04 Å². The fraction of sp³-hybridized carbons (Fsp3) is 0.800. The number of carboxylic acids is 1. The Morgan fingerprint density at radius 2 is 1.88 bits per heavy atom. The Labute approximate surface area is 95.0 Å². The van der Waals surface area contributed by atoms with E-state index >= 15 is 0 Å². The minimum absolute atomic E-state index is 0.0399. The molecule has 0 spiro atoms. The van der Waals surface area contributed by atoms with Crippen molar-refractivity contribution in [2.24, 2.45) is 0 Å². The summed E-state index contributed by atoms with van der Waals surface area (Å²) in [6.45, 7) is 3.34. The average Bonchev–Trinajstić information content (AvgIpc) is 2.24. The van der Waals surface area contributed by atoms with E-state index in [0.29, 0.717) is 0 Å². The van der Waals surface area contributed by atoms with Crippen LogP contribution in [0.15, 0.2) is 0 Å². The summed E-state index contributed by atoms with van der Waals surface area (Å²) in [7, 11) is 0. The molecular formula is C10H20N2O4. The number of rotatable bonds is 7. The van der Waals surface area contributed by atoms with Gasteiger partial charge in [-0.05, 0) is 12.8 Å². The van der Waals surface area contributed by atoms with Crippen LogP contribution in [0.4, 0.5) is 4.79 Å². The standard InChI is InChI=1S/C10H20N2O4/c1-3-5-7(4-2)11-10(16)12-8(6-13)9(14)15/h7-8,13H,3-6H2,1-2H3,(H,14,15)(H2,11,12,16)/t7?,8-/m0/s1. The molecule has 0 aliphatic rings. The molecule has 2 amide bonds. The second-order valence-electron chi connectivity index (χ2n) is 3.59. The zero-order chi connectivity index (χ0) is 12.6. The molecule has 1 unspecified atom stereocenters.